The normalized spacial score (nSPS) is 17.1. The Hall–Kier alpha value is -2.43. The van der Waals surface area contributed by atoms with Crippen LogP contribution in [0.1, 0.15) is 34.6 Å². The number of ketones is 2. The number of hydrogen-bond acceptors (Lipinski definition) is 5. The van der Waals surface area contributed by atoms with Crippen molar-refractivity contribution in [1.29, 1.82) is 0 Å². The summed E-state index contributed by atoms with van der Waals surface area (Å²) < 4.78 is 10.1. The average Bonchev–Trinajstić information content (AvgIpc) is 2.65. The lowest BCUT2D eigenvalue weighted by Gasteiger charge is -2.11. The van der Waals surface area contributed by atoms with E-state index in [-0.39, 0.29) is 16.9 Å². The second-order valence-electron chi connectivity index (χ2n) is 4.66. The van der Waals surface area contributed by atoms with Gasteiger partial charge < -0.3 is 9.47 Å². The molecule has 1 aliphatic rings. The molecule has 1 unspecified atom stereocenters. The summed E-state index contributed by atoms with van der Waals surface area (Å²) in [4.78, 5) is 36.0. The smallest absolute Gasteiger partial charge is 0.309 e. The van der Waals surface area contributed by atoms with Crippen LogP contribution in [0.4, 0.5) is 0 Å². The molecule has 0 heterocycles. The van der Waals surface area contributed by atoms with Gasteiger partial charge in [0.2, 0.25) is 17.7 Å². The number of carbonyl (C=O) groups is 3. The Bertz CT molecular complexity index is 600. The largest absolute Gasteiger partial charge is 0.465 e. The fourth-order valence-corrected chi connectivity index (χ4v) is 1.93. The van der Waals surface area contributed by atoms with Gasteiger partial charge >= 0.3 is 5.97 Å². The molecule has 0 N–H and O–H groups in total. The molecule has 5 heteroatoms. The number of fused-ring (bicyclic) bond motifs is 1. The molecule has 0 aromatic heterocycles. The summed E-state index contributed by atoms with van der Waals surface area (Å²) in [5, 5.41) is 0. The molecule has 1 aromatic rings. The molecule has 2 rings (SSSR count). The predicted molar refractivity (Wildman–Crippen MR) is 70.6 cm³/mol. The molecule has 0 spiro atoms. The Kier molecular flexibility index (Phi) is 3.70. The average molecular weight is 274 g/mol. The Balaban J connectivity index is 2.37. The summed E-state index contributed by atoms with van der Waals surface area (Å²) in [6.45, 7) is 6.67. The van der Waals surface area contributed by atoms with Gasteiger partial charge in [0, 0.05) is 5.56 Å². The molecule has 0 radical (unpaired) electrons. The number of ether oxygens (including phenoxy) is 2. The Labute approximate surface area is 116 Å². The summed E-state index contributed by atoms with van der Waals surface area (Å²) in [5.41, 5.74) is 0.342. The van der Waals surface area contributed by atoms with Gasteiger partial charge in [0.05, 0.1) is 17.7 Å². The van der Waals surface area contributed by atoms with Crippen molar-refractivity contribution in [1.82, 2.24) is 0 Å². The van der Waals surface area contributed by atoms with Crippen molar-refractivity contribution in [2.75, 3.05) is 0 Å². The summed E-state index contributed by atoms with van der Waals surface area (Å²) >= 11 is 0. The third-order valence-electron chi connectivity index (χ3n) is 2.93. The van der Waals surface area contributed by atoms with Gasteiger partial charge in [-0.25, -0.2) is 0 Å². The number of hydrogen-bond donors (Lipinski definition) is 0. The van der Waals surface area contributed by atoms with E-state index in [1.165, 1.54) is 12.3 Å². The van der Waals surface area contributed by atoms with E-state index in [9.17, 15) is 14.4 Å². The first-order valence-corrected chi connectivity index (χ1v) is 6.17. The minimum atomic E-state index is -1.41. The van der Waals surface area contributed by atoms with E-state index in [0.717, 1.165) is 0 Å². The Morgan fingerprint density at radius 1 is 1.30 bits per heavy atom. The van der Waals surface area contributed by atoms with Crippen LogP contribution in [-0.2, 0) is 9.53 Å². The van der Waals surface area contributed by atoms with E-state index in [0.29, 0.717) is 0 Å². The third-order valence-corrected chi connectivity index (χ3v) is 2.93. The standard InChI is InChI=1S/C15H14O5/c1-4-19-10-7-5-6-9-11(10)13(17)14(12(9)16)20-15(18)8(2)3/h4-8,14H,1H2,2-3H3. The first-order valence-electron chi connectivity index (χ1n) is 6.17. The Morgan fingerprint density at radius 2 is 2.00 bits per heavy atom. The van der Waals surface area contributed by atoms with Crippen molar-refractivity contribution in [3.63, 3.8) is 0 Å². The highest BCUT2D eigenvalue weighted by Gasteiger charge is 2.43. The van der Waals surface area contributed by atoms with E-state index in [1.807, 2.05) is 0 Å². The summed E-state index contributed by atoms with van der Waals surface area (Å²) in [6.07, 6.45) is -0.240. The molecule has 1 aromatic carbocycles. The molecule has 20 heavy (non-hydrogen) atoms. The predicted octanol–water partition coefficient (Wildman–Crippen LogP) is 2.16. The highest BCUT2D eigenvalue weighted by Crippen LogP contribution is 2.32. The van der Waals surface area contributed by atoms with E-state index >= 15 is 0 Å². The number of esters is 1. The van der Waals surface area contributed by atoms with Gasteiger partial charge in [-0.2, -0.15) is 0 Å². The minimum absolute atomic E-state index is 0.138. The van der Waals surface area contributed by atoms with Crippen LogP contribution in [0.3, 0.4) is 0 Å². The van der Waals surface area contributed by atoms with Gasteiger partial charge in [0.25, 0.3) is 0 Å². The van der Waals surface area contributed by atoms with Gasteiger partial charge in [-0.3, -0.25) is 14.4 Å². The molecule has 0 amide bonds. The number of benzene rings is 1. The van der Waals surface area contributed by atoms with Gasteiger partial charge in [0.15, 0.2) is 0 Å². The summed E-state index contributed by atoms with van der Waals surface area (Å²) in [7, 11) is 0. The van der Waals surface area contributed by atoms with Crippen molar-refractivity contribution in [2.24, 2.45) is 5.92 Å². The maximum absolute atomic E-state index is 12.2. The lowest BCUT2D eigenvalue weighted by atomic mass is 10.1. The fourth-order valence-electron chi connectivity index (χ4n) is 1.93. The molecule has 0 saturated carbocycles. The zero-order valence-electron chi connectivity index (χ0n) is 11.2. The monoisotopic (exact) mass is 274 g/mol. The SMILES string of the molecule is C=COc1cccc2c1C(=O)C(OC(=O)C(C)C)C2=O. The molecule has 0 saturated heterocycles. The summed E-state index contributed by atoms with van der Waals surface area (Å²) in [5.74, 6) is -1.84. The lowest BCUT2D eigenvalue weighted by Crippen LogP contribution is -2.30. The quantitative estimate of drug-likeness (QED) is 0.478. The topological polar surface area (TPSA) is 69.7 Å². The first-order chi connectivity index (χ1) is 9.47. The van der Waals surface area contributed by atoms with Crippen molar-refractivity contribution >= 4 is 17.5 Å². The molecule has 104 valence electrons. The molecular weight excluding hydrogens is 260 g/mol. The second kappa shape index (κ2) is 5.28. The summed E-state index contributed by atoms with van der Waals surface area (Å²) in [6, 6.07) is 4.66. The van der Waals surface area contributed by atoms with Gasteiger partial charge in [-0.1, -0.05) is 32.6 Å². The maximum atomic E-state index is 12.2. The number of Topliss-reactive ketones (excluding diaryl/α,β-unsaturated/α-hetero) is 2. The first kappa shape index (κ1) is 14.0. The van der Waals surface area contributed by atoms with E-state index < -0.39 is 29.6 Å². The van der Waals surface area contributed by atoms with Crippen LogP contribution in [0.15, 0.2) is 31.0 Å². The van der Waals surface area contributed by atoms with Crippen LogP contribution in [0.5, 0.6) is 5.75 Å². The molecule has 5 nitrogen and oxygen atoms in total. The highest BCUT2D eigenvalue weighted by molar-refractivity contribution is 6.30. The zero-order valence-corrected chi connectivity index (χ0v) is 11.2. The molecular formula is C15H14O5. The van der Waals surface area contributed by atoms with Gasteiger partial charge in [-0.15, -0.1) is 0 Å². The van der Waals surface area contributed by atoms with Crippen molar-refractivity contribution in [3.05, 3.63) is 42.2 Å². The van der Waals surface area contributed by atoms with E-state index in [4.69, 9.17) is 9.47 Å². The minimum Gasteiger partial charge on any atom is -0.465 e. The van der Waals surface area contributed by atoms with Crippen LogP contribution in [-0.4, -0.2) is 23.6 Å². The van der Waals surface area contributed by atoms with Crippen LogP contribution >= 0.6 is 0 Å². The van der Waals surface area contributed by atoms with E-state index in [2.05, 4.69) is 6.58 Å². The van der Waals surface area contributed by atoms with Crippen molar-refractivity contribution < 1.29 is 23.9 Å². The maximum Gasteiger partial charge on any atom is 0.309 e. The molecule has 1 aliphatic carbocycles. The van der Waals surface area contributed by atoms with Gasteiger partial charge in [-0.05, 0) is 6.07 Å². The van der Waals surface area contributed by atoms with Crippen LogP contribution in [0.2, 0.25) is 0 Å². The molecule has 1 atom stereocenters. The van der Waals surface area contributed by atoms with Gasteiger partial charge in [0.1, 0.15) is 5.75 Å². The highest BCUT2D eigenvalue weighted by atomic mass is 16.6. The van der Waals surface area contributed by atoms with Crippen LogP contribution in [0, 0.1) is 5.92 Å². The lowest BCUT2D eigenvalue weighted by molar-refractivity contribution is -0.148. The van der Waals surface area contributed by atoms with Crippen LogP contribution < -0.4 is 4.74 Å². The Morgan fingerprint density at radius 3 is 2.60 bits per heavy atom. The molecule has 0 bridgehead atoms. The van der Waals surface area contributed by atoms with E-state index in [1.54, 1.807) is 26.0 Å². The van der Waals surface area contributed by atoms with Crippen LogP contribution in [0.25, 0.3) is 0 Å². The zero-order chi connectivity index (χ0) is 14.9. The van der Waals surface area contributed by atoms with Crippen molar-refractivity contribution in [2.45, 2.75) is 20.0 Å². The number of carbonyl (C=O) groups excluding carboxylic acids is 3. The third kappa shape index (κ3) is 2.22. The number of rotatable bonds is 4. The molecule has 0 aliphatic heterocycles. The molecule has 0 fully saturated rings. The second-order valence-corrected chi connectivity index (χ2v) is 4.66. The fraction of sp³-hybridized carbons (Fsp3) is 0.267. The van der Waals surface area contributed by atoms with Crippen molar-refractivity contribution in [3.8, 4) is 5.75 Å².